The Morgan fingerprint density at radius 3 is 2.38 bits per heavy atom. The SMILES string of the molecule is COC(=O)c1cc2nc(-c3ccc(OCc4cc(N5CCCC5=O)ccc4-c4ccc(Cl)cc4)cc3)n(-c3ccccc3)c2s1. The molecule has 1 amide bonds. The normalized spacial score (nSPS) is 13.0. The summed E-state index contributed by atoms with van der Waals surface area (Å²) in [5.74, 6) is 1.24. The second-order valence-electron chi connectivity index (χ2n) is 10.7. The number of hydrogen-bond acceptors (Lipinski definition) is 6. The molecular formula is C36H28ClN3O4S. The number of para-hydroxylation sites is 1. The number of fused-ring (bicyclic) bond motifs is 1. The molecule has 0 bridgehead atoms. The van der Waals surface area contributed by atoms with Gasteiger partial charge in [0.15, 0.2) is 0 Å². The van der Waals surface area contributed by atoms with E-state index >= 15 is 0 Å². The number of methoxy groups -OCH3 is 1. The van der Waals surface area contributed by atoms with Crippen molar-refractivity contribution in [3.8, 4) is 34.0 Å². The smallest absolute Gasteiger partial charge is 0.348 e. The lowest BCUT2D eigenvalue weighted by atomic mass is 9.99. The molecule has 4 aromatic carbocycles. The predicted octanol–water partition coefficient (Wildman–Crippen LogP) is 8.57. The molecule has 0 radical (unpaired) electrons. The van der Waals surface area contributed by atoms with Crippen molar-refractivity contribution in [2.24, 2.45) is 0 Å². The van der Waals surface area contributed by atoms with E-state index in [-0.39, 0.29) is 11.9 Å². The molecule has 1 aliphatic rings. The van der Waals surface area contributed by atoms with Gasteiger partial charge in [-0.05, 0) is 89.8 Å². The number of hydrogen-bond donors (Lipinski definition) is 0. The van der Waals surface area contributed by atoms with Crippen molar-refractivity contribution in [1.82, 2.24) is 9.55 Å². The van der Waals surface area contributed by atoms with Crippen LogP contribution in [0, 0.1) is 0 Å². The zero-order valence-electron chi connectivity index (χ0n) is 24.4. The monoisotopic (exact) mass is 633 g/mol. The van der Waals surface area contributed by atoms with Gasteiger partial charge in [-0.2, -0.15) is 0 Å². The van der Waals surface area contributed by atoms with Crippen molar-refractivity contribution < 1.29 is 19.1 Å². The van der Waals surface area contributed by atoms with Crippen molar-refractivity contribution >= 4 is 50.8 Å². The van der Waals surface area contributed by atoms with Crippen LogP contribution in [0.25, 0.3) is 38.5 Å². The molecule has 0 saturated carbocycles. The van der Waals surface area contributed by atoms with Gasteiger partial charge in [0.2, 0.25) is 5.91 Å². The van der Waals surface area contributed by atoms with Gasteiger partial charge in [-0.1, -0.05) is 48.0 Å². The van der Waals surface area contributed by atoms with Gasteiger partial charge in [0, 0.05) is 34.9 Å². The van der Waals surface area contributed by atoms with Gasteiger partial charge in [-0.15, -0.1) is 11.3 Å². The van der Waals surface area contributed by atoms with Crippen LogP contribution in [0.5, 0.6) is 5.75 Å². The number of thiophene rings is 1. The maximum Gasteiger partial charge on any atom is 0.348 e. The van der Waals surface area contributed by atoms with E-state index in [9.17, 15) is 9.59 Å². The molecular weight excluding hydrogens is 606 g/mol. The molecule has 1 fully saturated rings. The first-order chi connectivity index (χ1) is 22.0. The summed E-state index contributed by atoms with van der Waals surface area (Å²) in [6.45, 7) is 1.04. The second kappa shape index (κ2) is 12.2. The topological polar surface area (TPSA) is 73.7 Å². The summed E-state index contributed by atoms with van der Waals surface area (Å²) in [6, 6.07) is 33.4. The zero-order valence-corrected chi connectivity index (χ0v) is 26.0. The number of ether oxygens (including phenoxy) is 2. The molecule has 0 spiro atoms. The summed E-state index contributed by atoms with van der Waals surface area (Å²) in [7, 11) is 1.38. The summed E-state index contributed by atoms with van der Waals surface area (Å²) >= 11 is 7.51. The summed E-state index contributed by atoms with van der Waals surface area (Å²) in [5, 5.41) is 0.674. The van der Waals surface area contributed by atoms with Gasteiger partial charge >= 0.3 is 5.97 Å². The van der Waals surface area contributed by atoms with Crippen LogP contribution in [0.2, 0.25) is 5.02 Å². The number of aromatic nitrogens is 2. The molecule has 0 N–H and O–H groups in total. The highest BCUT2D eigenvalue weighted by Gasteiger charge is 2.23. The second-order valence-corrected chi connectivity index (χ2v) is 12.2. The van der Waals surface area contributed by atoms with E-state index < -0.39 is 0 Å². The van der Waals surface area contributed by atoms with Crippen molar-refractivity contribution in [2.75, 3.05) is 18.6 Å². The third kappa shape index (κ3) is 5.70. The van der Waals surface area contributed by atoms with Crippen molar-refractivity contribution in [1.29, 1.82) is 0 Å². The number of esters is 1. The standard InChI is InChI=1S/C36H28ClN3O4S/c1-43-36(42)32-21-31-35(45-32)40(27-6-3-2-4-7-27)34(38-31)24-11-16-29(17-12-24)44-22-25-20-28(39-19-5-8-33(39)41)15-18-30(25)23-9-13-26(37)14-10-23/h2-4,6-7,9-18,20-21H,5,8,19,22H2,1H3. The molecule has 2 aromatic heterocycles. The Labute approximate surface area is 269 Å². The lowest BCUT2D eigenvalue weighted by molar-refractivity contribution is -0.117. The number of amides is 1. The highest BCUT2D eigenvalue weighted by Crippen LogP contribution is 2.35. The maximum atomic E-state index is 12.5. The Balaban J connectivity index is 1.19. The maximum absolute atomic E-state index is 12.5. The molecule has 0 unspecified atom stereocenters. The fourth-order valence-electron chi connectivity index (χ4n) is 5.64. The molecule has 9 heteroatoms. The van der Waals surface area contributed by atoms with E-state index in [1.807, 2.05) is 102 Å². The van der Waals surface area contributed by atoms with Gasteiger partial charge in [-0.25, -0.2) is 9.78 Å². The molecule has 3 heterocycles. The first-order valence-electron chi connectivity index (χ1n) is 14.6. The van der Waals surface area contributed by atoms with E-state index in [1.54, 1.807) is 6.07 Å². The molecule has 0 aliphatic carbocycles. The quantitative estimate of drug-likeness (QED) is 0.157. The van der Waals surface area contributed by atoms with Crippen molar-refractivity contribution in [3.63, 3.8) is 0 Å². The van der Waals surface area contributed by atoms with Crippen LogP contribution in [-0.4, -0.2) is 35.1 Å². The number of carbonyl (C=O) groups excluding carboxylic acids is 2. The Kier molecular flexibility index (Phi) is 7.83. The predicted molar refractivity (Wildman–Crippen MR) is 179 cm³/mol. The number of anilines is 1. The van der Waals surface area contributed by atoms with Crippen LogP contribution in [-0.2, 0) is 16.1 Å². The summed E-state index contributed by atoms with van der Waals surface area (Å²) in [4.78, 5) is 32.8. The summed E-state index contributed by atoms with van der Waals surface area (Å²) in [5.41, 5.74) is 6.48. The molecule has 224 valence electrons. The van der Waals surface area contributed by atoms with E-state index in [2.05, 4.69) is 4.57 Å². The highest BCUT2D eigenvalue weighted by atomic mass is 35.5. The van der Waals surface area contributed by atoms with Crippen LogP contribution in [0.15, 0.2) is 103 Å². The number of benzene rings is 4. The number of carbonyl (C=O) groups is 2. The number of halogens is 1. The minimum absolute atomic E-state index is 0.145. The van der Waals surface area contributed by atoms with Gasteiger partial charge in [-0.3, -0.25) is 9.36 Å². The van der Waals surface area contributed by atoms with E-state index in [0.717, 1.165) is 62.8 Å². The van der Waals surface area contributed by atoms with Crippen LogP contribution in [0.1, 0.15) is 28.1 Å². The van der Waals surface area contributed by atoms with Crippen LogP contribution >= 0.6 is 22.9 Å². The number of imidazole rings is 1. The lowest BCUT2D eigenvalue weighted by Crippen LogP contribution is -2.23. The molecule has 1 saturated heterocycles. The minimum atomic E-state index is -0.377. The fourth-order valence-corrected chi connectivity index (χ4v) is 6.81. The number of rotatable bonds is 8. The van der Waals surface area contributed by atoms with Crippen molar-refractivity contribution in [2.45, 2.75) is 19.4 Å². The first-order valence-corrected chi connectivity index (χ1v) is 15.8. The lowest BCUT2D eigenvalue weighted by Gasteiger charge is -2.19. The van der Waals surface area contributed by atoms with Crippen LogP contribution in [0.4, 0.5) is 5.69 Å². The van der Waals surface area contributed by atoms with Gasteiger partial charge in [0.25, 0.3) is 0 Å². The average Bonchev–Trinajstić information content (AvgIpc) is 3.79. The van der Waals surface area contributed by atoms with Crippen LogP contribution < -0.4 is 9.64 Å². The Hall–Kier alpha value is -4.92. The van der Waals surface area contributed by atoms with Gasteiger partial charge in [0.1, 0.15) is 33.4 Å². The molecule has 7 rings (SSSR count). The minimum Gasteiger partial charge on any atom is -0.489 e. The summed E-state index contributed by atoms with van der Waals surface area (Å²) < 4.78 is 13.3. The van der Waals surface area contributed by atoms with Crippen molar-refractivity contribution in [3.05, 3.63) is 119 Å². The Bertz CT molecular complexity index is 2020. The van der Waals surface area contributed by atoms with E-state index in [0.29, 0.717) is 28.7 Å². The number of nitrogens with zero attached hydrogens (tertiary/aromatic N) is 3. The van der Waals surface area contributed by atoms with Crippen LogP contribution in [0.3, 0.4) is 0 Å². The van der Waals surface area contributed by atoms with E-state index in [4.69, 9.17) is 26.1 Å². The molecule has 7 nitrogen and oxygen atoms in total. The third-order valence-corrected chi connectivity index (χ3v) is 9.21. The third-order valence-electron chi connectivity index (χ3n) is 7.87. The fraction of sp³-hybridized carbons (Fsp3) is 0.139. The van der Waals surface area contributed by atoms with Gasteiger partial charge < -0.3 is 14.4 Å². The zero-order chi connectivity index (χ0) is 30.9. The first kappa shape index (κ1) is 28.8. The van der Waals surface area contributed by atoms with Gasteiger partial charge in [0.05, 0.1) is 7.11 Å². The largest absolute Gasteiger partial charge is 0.489 e. The van der Waals surface area contributed by atoms with E-state index in [1.165, 1.54) is 18.4 Å². The molecule has 0 atom stereocenters. The highest BCUT2D eigenvalue weighted by molar-refractivity contribution is 7.20. The Morgan fingerprint density at radius 1 is 0.911 bits per heavy atom. The molecule has 1 aliphatic heterocycles. The summed E-state index contributed by atoms with van der Waals surface area (Å²) in [6.07, 6.45) is 1.44. The molecule has 6 aromatic rings. The molecule has 45 heavy (non-hydrogen) atoms. The Morgan fingerprint density at radius 2 is 1.67 bits per heavy atom. The average molecular weight is 634 g/mol.